The van der Waals surface area contributed by atoms with Crippen molar-refractivity contribution in [2.75, 3.05) is 24.6 Å². The van der Waals surface area contributed by atoms with E-state index in [4.69, 9.17) is 16.7 Å². The zero-order valence-electron chi connectivity index (χ0n) is 9.61. The molecule has 17 heavy (non-hydrogen) atoms. The van der Waals surface area contributed by atoms with Crippen LogP contribution in [-0.4, -0.2) is 36.8 Å². The van der Waals surface area contributed by atoms with Crippen molar-refractivity contribution < 1.29 is 9.90 Å². The van der Waals surface area contributed by atoms with E-state index in [1.807, 2.05) is 19.1 Å². The van der Waals surface area contributed by atoms with Crippen LogP contribution in [0.4, 0.5) is 5.69 Å². The third-order valence-corrected chi connectivity index (χ3v) is 3.41. The van der Waals surface area contributed by atoms with Crippen molar-refractivity contribution >= 4 is 23.2 Å². The molecule has 1 amide bonds. The van der Waals surface area contributed by atoms with Crippen LogP contribution in [0, 0.1) is 6.92 Å². The molecule has 1 aliphatic rings. The predicted octanol–water partition coefficient (Wildman–Crippen LogP) is 0.946. The highest BCUT2D eigenvalue weighted by Crippen LogP contribution is 2.27. The second kappa shape index (κ2) is 5.04. The lowest BCUT2D eigenvalue weighted by Gasteiger charge is -2.33. The highest BCUT2D eigenvalue weighted by atomic mass is 35.5. The molecule has 0 spiro atoms. The summed E-state index contributed by atoms with van der Waals surface area (Å²) < 4.78 is 0. The van der Waals surface area contributed by atoms with Gasteiger partial charge in [0.15, 0.2) is 0 Å². The number of carbonyl (C=O) groups excluding carboxylic acids is 1. The van der Waals surface area contributed by atoms with Gasteiger partial charge in [-0.3, -0.25) is 4.79 Å². The number of rotatable bonds is 2. The number of nitrogens with zero attached hydrogens (tertiary/aromatic N) is 1. The third kappa shape index (κ3) is 2.29. The number of hydrogen-bond acceptors (Lipinski definition) is 3. The van der Waals surface area contributed by atoms with Gasteiger partial charge in [-0.2, -0.15) is 0 Å². The normalized spacial score (nSPS) is 20.8. The van der Waals surface area contributed by atoms with Gasteiger partial charge in [0.1, 0.15) is 6.04 Å². The summed E-state index contributed by atoms with van der Waals surface area (Å²) in [6.07, 6.45) is 0. The number of carbonyl (C=O) groups is 1. The summed E-state index contributed by atoms with van der Waals surface area (Å²) in [6, 6.07) is 4.99. The Morgan fingerprint density at radius 3 is 3.06 bits per heavy atom. The molecule has 0 aliphatic carbocycles. The Labute approximate surface area is 105 Å². The number of halogens is 1. The smallest absolute Gasteiger partial charge is 0.246 e. The molecule has 1 atom stereocenters. The number of hydrogen-bond donors (Lipinski definition) is 2. The molecule has 2 rings (SSSR count). The fourth-order valence-electron chi connectivity index (χ4n) is 2.01. The molecule has 0 saturated carbocycles. The van der Waals surface area contributed by atoms with Crippen molar-refractivity contribution in [2.45, 2.75) is 13.0 Å². The van der Waals surface area contributed by atoms with Crippen LogP contribution in [0.15, 0.2) is 18.2 Å². The van der Waals surface area contributed by atoms with Crippen molar-refractivity contribution in [1.29, 1.82) is 0 Å². The standard InChI is InChI=1S/C12H15ClN2O2/c1-8-9(13)3-2-4-11(8)15-6-5-14-10(7-16)12(15)17/h2-4,10,14,16H,5-7H2,1H3. The Balaban J connectivity index is 2.33. The van der Waals surface area contributed by atoms with Crippen LogP contribution < -0.4 is 10.2 Å². The number of aliphatic hydroxyl groups excluding tert-OH is 1. The van der Waals surface area contributed by atoms with Gasteiger partial charge >= 0.3 is 0 Å². The average Bonchev–Trinajstić information content (AvgIpc) is 2.33. The van der Waals surface area contributed by atoms with Crippen LogP contribution in [0.5, 0.6) is 0 Å². The van der Waals surface area contributed by atoms with Crippen LogP contribution >= 0.6 is 11.6 Å². The van der Waals surface area contributed by atoms with Gasteiger partial charge in [-0.1, -0.05) is 17.7 Å². The van der Waals surface area contributed by atoms with Crippen molar-refractivity contribution in [2.24, 2.45) is 0 Å². The van der Waals surface area contributed by atoms with Crippen molar-refractivity contribution in [3.05, 3.63) is 28.8 Å². The highest BCUT2D eigenvalue weighted by molar-refractivity contribution is 6.31. The molecule has 1 fully saturated rings. The molecular formula is C12H15ClN2O2. The van der Waals surface area contributed by atoms with Crippen LogP contribution in [-0.2, 0) is 4.79 Å². The maximum atomic E-state index is 12.1. The van der Waals surface area contributed by atoms with Crippen molar-refractivity contribution in [3.8, 4) is 0 Å². The first-order valence-electron chi connectivity index (χ1n) is 5.56. The van der Waals surface area contributed by atoms with E-state index < -0.39 is 6.04 Å². The lowest BCUT2D eigenvalue weighted by atomic mass is 10.1. The second-order valence-electron chi connectivity index (χ2n) is 4.06. The summed E-state index contributed by atoms with van der Waals surface area (Å²) in [7, 11) is 0. The summed E-state index contributed by atoms with van der Waals surface area (Å²) >= 11 is 6.05. The molecule has 92 valence electrons. The number of aliphatic hydroxyl groups is 1. The monoisotopic (exact) mass is 254 g/mol. The summed E-state index contributed by atoms with van der Waals surface area (Å²) in [5.41, 5.74) is 1.71. The minimum atomic E-state index is -0.512. The molecule has 5 heteroatoms. The first kappa shape index (κ1) is 12.4. The van der Waals surface area contributed by atoms with Gasteiger partial charge in [-0.25, -0.2) is 0 Å². The Bertz CT molecular complexity index is 437. The lowest BCUT2D eigenvalue weighted by Crippen LogP contribution is -2.56. The van der Waals surface area contributed by atoms with Gasteiger partial charge in [-0.05, 0) is 24.6 Å². The fourth-order valence-corrected chi connectivity index (χ4v) is 2.18. The van der Waals surface area contributed by atoms with E-state index in [1.54, 1.807) is 11.0 Å². The molecule has 2 N–H and O–H groups in total. The largest absolute Gasteiger partial charge is 0.394 e. The number of piperazine rings is 1. The van der Waals surface area contributed by atoms with E-state index in [2.05, 4.69) is 5.32 Å². The van der Waals surface area contributed by atoms with Crippen molar-refractivity contribution in [3.63, 3.8) is 0 Å². The van der Waals surface area contributed by atoms with Gasteiger partial charge < -0.3 is 15.3 Å². The minimum Gasteiger partial charge on any atom is -0.394 e. The topological polar surface area (TPSA) is 52.6 Å². The number of amides is 1. The molecule has 1 aliphatic heterocycles. The first-order valence-corrected chi connectivity index (χ1v) is 5.93. The van der Waals surface area contributed by atoms with E-state index in [9.17, 15) is 4.79 Å². The molecule has 1 unspecified atom stereocenters. The summed E-state index contributed by atoms with van der Waals surface area (Å²) in [5, 5.41) is 12.7. The predicted molar refractivity (Wildman–Crippen MR) is 67.4 cm³/mol. The fraction of sp³-hybridized carbons (Fsp3) is 0.417. The summed E-state index contributed by atoms with van der Waals surface area (Å²) in [6.45, 7) is 2.97. The van der Waals surface area contributed by atoms with E-state index in [0.717, 1.165) is 11.3 Å². The molecule has 1 aromatic rings. The van der Waals surface area contributed by atoms with E-state index in [1.165, 1.54) is 0 Å². The number of benzene rings is 1. The Morgan fingerprint density at radius 1 is 1.59 bits per heavy atom. The molecule has 4 nitrogen and oxygen atoms in total. The molecule has 1 aromatic carbocycles. The van der Waals surface area contributed by atoms with Crippen LogP contribution in [0.3, 0.4) is 0 Å². The van der Waals surface area contributed by atoms with E-state index in [-0.39, 0.29) is 12.5 Å². The Hall–Kier alpha value is -1.10. The maximum absolute atomic E-state index is 12.1. The number of anilines is 1. The van der Waals surface area contributed by atoms with E-state index in [0.29, 0.717) is 18.1 Å². The molecular weight excluding hydrogens is 240 g/mol. The summed E-state index contributed by atoms with van der Waals surface area (Å²) in [4.78, 5) is 13.8. The number of nitrogens with one attached hydrogen (secondary N) is 1. The zero-order chi connectivity index (χ0) is 12.4. The van der Waals surface area contributed by atoms with Crippen LogP contribution in [0.25, 0.3) is 0 Å². The Kier molecular flexibility index (Phi) is 3.66. The molecule has 1 saturated heterocycles. The Morgan fingerprint density at radius 2 is 2.35 bits per heavy atom. The molecule has 0 radical (unpaired) electrons. The van der Waals surface area contributed by atoms with Crippen LogP contribution in [0.2, 0.25) is 5.02 Å². The summed E-state index contributed by atoms with van der Waals surface area (Å²) in [5.74, 6) is -0.107. The van der Waals surface area contributed by atoms with Gasteiger partial charge in [0.25, 0.3) is 0 Å². The second-order valence-corrected chi connectivity index (χ2v) is 4.47. The first-order chi connectivity index (χ1) is 8.15. The maximum Gasteiger partial charge on any atom is 0.246 e. The third-order valence-electron chi connectivity index (χ3n) is 3.00. The lowest BCUT2D eigenvalue weighted by molar-refractivity contribution is -0.122. The zero-order valence-corrected chi connectivity index (χ0v) is 10.4. The quantitative estimate of drug-likeness (QED) is 0.826. The van der Waals surface area contributed by atoms with Crippen molar-refractivity contribution in [1.82, 2.24) is 5.32 Å². The van der Waals surface area contributed by atoms with Gasteiger partial charge in [0.2, 0.25) is 5.91 Å². The van der Waals surface area contributed by atoms with E-state index >= 15 is 0 Å². The SMILES string of the molecule is Cc1c(Cl)cccc1N1CCNC(CO)C1=O. The minimum absolute atomic E-state index is 0.107. The molecule has 0 bridgehead atoms. The average molecular weight is 255 g/mol. The molecule has 1 heterocycles. The van der Waals surface area contributed by atoms with Crippen LogP contribution in [0.1, 0.15) is 5.56 Å². The van der Waals surface area contributed by atoms with Gasteiger partial charge in [0.05, 0.1) is 6.61 Å². The van der Waals surface area contributed by atoms with Gasteiger partial charge in [0, 0.05) is 23.8 Å². The van der Waals surface area contributed by atoms with Gasteiger partial charge in [-0.15, -0.1) is 0 Å². The molecule has 0 aromatic heterocycles. The highest BCUT2D eigenvalue weighted by Gasteiger charge is 2.29.